The van der Waals surface area contributed by atoms with Crippen LogP contribution in [0.15, 0.2) is 11.2 Å². The van der Waals surface area contributed by atoms with Crippen LogP contribution in [0.1, 0.15) is 13.3 Å². The highest BCUT2D eigenvalue weighted by molar-refractivity contribution is 7.99. The normalized spacial score (nSPS) is 11.6. The van der Waals surface area contributed by atoms with Gasteiger partial charge >= 0.3 is 0 Å². The standard InChI is InChI=1S/C9H16N4O2S2/c1-2-17(14,15)5-3-4-16-9-12-7(10)6-8(11)13-9/h6H,2-5H2,1H3,(H4,10,11,12,13). The van der Waals surface area contributed by atoms with Crippen LogP contribution in [0, 0.1) is 0 Å². The van der Waals surface area contributed by atoms with E-state index in [1.165, 1.54) is 17.8 Å². The van der Waals surface area contributed by atoms with E-state index in [1.807, 2.05) is 0 Å². The van der Waals surface area contributed by atoms with Crippen LogP contribution in [0.2, 0.25) is 0 Å². The summed E-state index contributed by atoms with van der Waals surface area (Å²) in [7, 11) is -2.89. The molecule has 4 N–H and O–H groups in total. The van der Waals surface area contributed by atoms with Crippen molar-refractivity contribution in [2.24, 2.45) is 0 Å². The number of nitrogens with zero attached hydrogens (tertiary/aromatic N) is 2. The zero-order valence-electron chi connectivity index (χ0n) is 9.59. The average Bonchev–Trinajstić information content (AvgIpc) is 2.23. The van der Waals surface area contributed by atoms with Crippen molar-refractivity contribution in [3.05, 3.63) is 6.07 Å². The van der Waals surface area contributed by atoms with Gasteiger partial charge in [0, 0.05) is 17.6 Å². The van der Waals surface area contributed by atoms with Crippen molar-refractivity contribution in [1.29, 1.82) is 0 Å². The molecular weight excluding hydrogens is 260 g/mol. The Morgan fingerprint density at radius 1 is 1.29 bits per heavy atom. The number of anilines is 2. The maximum Gasteiger partial charge on any atom is 0.191 e. The van der Waals surface area contributed by atoms with Gasteiger partial charge in [0.15, 0.2) is 5.16 Å². The van der Waals surface area contributed by atoms with Gasteiger partial charge in [-0.15, -0.1) is 0 Å². The Labute approximate surface area is 105 Å². The van der Waals surface area contributed by atoms with E-state index < -0.39 is 9.84 Å². The van der Waals surface area contributed by atoms with E-state index in [2.05, 4.69) is 9.97 Å². The third-order valence-corrected chi connectivity index (χ3v) is 4.74. The van der Waals surface area contributed by atoms with Gasteiger partial charge in [-0.1, -0.05) is 18.7 Å². The van der Waals surface area contributed by atoms with Crippen molar-refractivity contribution < 1.29 is 8.42 Å². The predicted molar refractivity (Wildman–Crippen MR) is 70.5 cm³/mol. The van der Waals surface area contributed by atoms with Crippen LogP contribution in [0.4, 0.5) is 11.6 Å². The summed E-state index contributed by atoms with van der Waals surface area (Å²) in [6.45, 7) is 1.64. The molecule has 1 aromatic heterocycles. The minimum absolute atomic E-state index is 0.180. The minimum atomic E-state index is -2.89. The van der Waals surface area contributed by atoms with Crippen molar-refractivity contribution >= 4 is 33.2 Å². The number of thioether (sulfide) groups is 1. The molecule has 0 unspecified atom stereocenters. The first-order valence-electron chi connectivity index (χ1n) is 5.16. The number of nitrogens with two attached hydrogens (primary N) is 2. The molecule has 0 bridgehead atoms. The Hall–Kier alpha value is -1.02. The largest absolute Gasteiger partial charge is 0.383 e. The number of hydrogen-bond donors (Lipinski definition) is 2. The van der Waals surface area contributed by atoms with Crippen molar-refractivity contribution in [2.75, 3.05) is 28.7 Å². The second kappa shape index (κ2) is 6.06. The topological polar surface area (TPSA) is 112 Å². The van der Waals surface area contributed by atoms with Crippen LogP contribution in [0.25, 0.3) is 0 Å². The first kappa shape index (κ1) is 14.0. The lowest BCUT2D eigenvalue weighted by Gasteiger charge is -2.03. The lowest BCUT2D eigenvalue weighted by Crippen LogP contribution is -2.09. The smallest absolute Gasteiger partial charge is 0.191 e. The van der Waals surface area contributed by atoms with Gasteiger partial charge in [-0.3, -0.25) is 0 Å². The molecule has 6 nitrogen and oxygen atoms in total. The molecule has 0 aliphatic heterocycles. The van der Waals surface area contributed by atoms with Crippen LogP contribution < -0.4 is 11.5 Å². The number of sulfone groups is 1. The second-order valence-electron chi connectivity index (χ2n) is 3.44. The third kappa shape index (κ3) is 5.22. The Bertz CT molecular complexity index is 456. The maximum atomic E-state index is 11.2. The summed E-state index contributed by atoms with van der Waals surface area (Å²) < 4.78 is 22.5. The molecule has 17 heavy (non-hydrogen) atoms. The molecule has 0 amide bonds. The summed E-state index contributed by atoms with van der Waals surface area (Å²) in [5.74, 6) is 1.64. The molecule has 0 aliphatic rings. The quantitative estimate of drug-likeness (QED) is 0.443. The van der Waals surface area contributed by atoms with Gasteiger partial charge in [-0.05, 0) is 6.42 Å². The second-order valence-corrected chi connectivity index (χ2v) is 6.97. The van der Waals surface area contributed by atoms with Gasteiger partial charge in [-0.25, -0.2) is 18.4 Å². The summed E-state index contributed by atoms with van der Waals surface area (Å²) in [5.41, 5.74) is 11.0. The maximum absolute atomic E-state index is 11.2. The van der Waals surface area contributed by atoms with E-state index in [-0.39, 0.29) is 11.5 Å². The molecule has 1 aromatic rings. The summed E-state index contributed by atoms with van der Waals surface area (Å²) in [4.78, 5) is 7.98. The fraction of sp³-hybridized carbons (Fsp3) is 0.556. The van der Waals surface area contributed by atoms with Gasteiger partial charge in [0.05, 0.1) is 5.75 Å². The van der Waals surface area contributed by atoms with Crippen LogP contribution in [0.3, 0.4) is 0 Å². The van der Waals surface area contributed by atoms with Gasteiger partial charge in [0.1, 0.15) is 21.5 Å². The molecule has 0 saturated heterocycles. The van der Waals surface area contributed by atoms with Crippen LogP contribution in [0.5, 0.6) is 0 Å². The number of rotatable bonds is 6. The zero-order valence-corrected chi connectivity index (χ0v) is 11.2. The molecule has 0 fully saturated rings. The first-order chi connectivity index (χ1) is 7.93. The molecule has 0 radical (unpaired) electrons. The summed E-state index contributed by atoms with van der Waals surface area (Å²) in [5, 5.41) is 0.483. The highest BCUT2D eigenvalue weighted by Crippen LogP contribution is 2.17. The van der Waals surface area contributed by atoms with Gasteiger partial charge in [0.25, 0.3) is 0 Å². The minimum Gasteiger partial charge on any atom is -0.383 e. The molecule has 0 aromatic carbocycles. The molecule has 0 saturated carbocycles. The van der Waals surface area contributed by atoms with E-state index >= 15 is 0 Å². The highest BCUT2D eigenvalue weighted by Gasteiger charge is 2.07. The average molecular weight is 276 g/mol. The predicted octanol–water partition coefficient (Wildman–Crippen LogP) is 0.558. The molecule has 8 heteroatoms. The molecule has 0 aliphatic carbocycles. The van der Waals surface area contributed by atoms with Crippen LogP contribution >= 0.6 is 11.8 Å². The van der Waals surface area contributed by atoms with Crippen molar-refractivity contribution in [2.45, 2.75) is 18.5 Å². The lowest BCUT2D eigenvalue weighted by molar-refractivity contribution is 0.596. The Morgan fingerprint density at radius 2 is 1.88 bits per heavy atom. The van der Waals surface area contributed by atoms with E-state index in [1.54, 1.807) is 6.92 Å². The van der Waals surface area contributed by atoms with Crippen LogP contribution in [-0.4, -0.2) is 35.6 Å². The number of hydrogen-bond acceptors (Lipinski definition) is 7. The Morgan fingerprint density at radius 3 is 2.41 bits per heavy atom. The van der Waals surface area contributed by atoms with Gasteiger partial charge < -0.3 is 11.5 Å². The zero-order chi connectivity index (χ0) is 12.9. The highest BCUT2D eigenvalue weighted by atomic mass is 32.2. The van der Waals surface area contributed by atoms with Crippen molar-refractivity contribution in [3.8, 4) is 0 Å². The molecular formula is C9H16N4O2S2. The van der Waals surface area contributed by atoms with Gasteiger partial charge in [0.2, 0.25) is 0 Å². The molecule has 0 spiro atoms. The number of nitrogen functional groups attached to an aromatic ring is 2. The Balaban J connectivity index is 2.41. The summed E-state index contributed by atoms with van der Waals surface area (Å²) >= 11 is 1.35. The van der Waals surface area contributed by atoms with E-state index in [0.29, 0.717) is 29.0 Å². The SMILES string of the molecule is CCS(=O)(=O)CCCSc1nc(N)cc(N)n1. The molecule has 0 atom stereocenters. The van der Waals surface area contributed by atoms with Crippen LogP contribution in [-0.2, 0) is 9.84 Å². The number of aromatic nitrogens is 2. The third-order valence-electron chi connectivity index (χ3n) is 2.02. The fourth-order valence-electron chi connectivity index (χ4n) is 1.11. The fourth-order valence-corrected chi connectivity index (χ4v) is 2.98. The van der Waals surface area contributed by atoms with Crippen molar-refractivity contribution in [1.82, 2.24) is 9.97 Å². The summed E-state index contributed by atoms with van der Waals surface area (Å²) in [6, 6.07) is 1.48. The first-order valence-corrected chi connectivity index (χ1v) is 7.97. The molecule has 1 rings (SSSR count). The molecule has 1 heterocycles. The van der Waals surface area contributed by atoms with E-state index in [4.69, 9.17) is 11.5 Å². The summed E-state index contributed by atoms with van der Waals surface area (Å²) in [6.07, 6.45) is 0.568. The van der Waals surface area contributed by atoms with Gasteiger partial charge in [-0.2, -0.15) is 0 Å². The van der Waals surface area contributed by atoms with E-state index in [9.17, 15) is 8.42 Å². The van der Waals surface area contributed by atoms with Crippen molar-refractivity contribution in [3.63, 3.8) is 0 Å². The molecule has 96 valence electrons. The monoisotopic (exact) mass is 276 g/mol. The Kier molecular flexibility index (Phi) is 5.01. The lowest BCUT2D eigenvalue weighted by atomic mass is 10.5. The van der Waals surface area contributed by atoms with E-state index in [0.717, 1.165) is 0 Å².